The maximum absolute atomic E-state index is 11.2. The lowest BCUT2D eigenvalue weighted by Gasteiger charge is -2.06. The van der Waals surface area contributed by atoms with E-state index in [0.717, 1.165) is 0 Å². The minimum atomic E-state index is -0.571. The molecule has 2 aromatic rings. The van der Waals surface area contributed by atoms with Crippen LogP contribution < -0.4 is 0 Å². The fourth-order valence-electron chi connectivity index (χ4n) is 1.97. The average Bonchev–Trinajstić information content (AvgIpc) is 2.59. The number of hydrogen-bond acceptors (Lipinski definition) is 5. The highest BCUT2D eigenvalue weighted by molar-refractivity contribution is 6.21. The average molecular weight is 306 g/mol. The van der Waals surface area contributed by atoms with E-state index >= 15 is 0 Å². The van der Waals surface area contributed by atoms with Gasteiger partial charge < -0.3 is 0 Å². The standard InChI is InChI=1S/C10H6O2.C7H4N2O2/c11-9-5-6-10(12)8-4-2-1-3-7(8)9;8-5-6-3-1-2-4-7(6)9(10)11/h1-6H;1-4H. The zero-order chi connectivity index (χ0) is 16.8. The van der Waals surface area contributed by atoms with Gasteiger partial charge in [-0.3, -0.25) is 19.7 Å². The van der Waals surface area contributed by atoms with Gasteiger partial charge in [0.1, 0.15) is 11.6 Å². The Labute approximate surface area is 131 Å². The Morgan fingerprint density at radius 1 is 0.870 bits per heavy atom. The van der Waals surface area contributed by atoms with Gasteiger partial charge in [-0.1, -0.05) is 36.4 Å². The monoisotopic (exact) mass is 306 g/mol. The van der Waals surface area contributed by atoms with Gasteiger partial charge in [-0.05, 0) is 18.2 Å². The quantitative estimate of drug-likeness (QED) is 0.595. The normalized spacial score (nSPS) is 11.8. The first-order valence-corrected chi connectivity index (χ1v) is 6.54. The molecular formula is C17H10N2O4. The van der Waals surface area contributed by atoms with Gasteiger partial charge in [-0.2, -0.15) is 5.26 Å². The van der Waals surface area contributed by atoms with Crippen LogP contribution in [0.25, 0.3) is 0 Å². The van der Waals surface area contributed by atoms with Gasteiger partial charge in [0, 0.05) is 17.2 Å². The van der Waals surface area contributed by atoms with Crippen LogP contribution in [0.3, 0.4) is 0 Å². The van der Waals surface area contributed by atoms with Crippen molar-refractivity contribution in [2.24, 2.45) is 0 Å². The molecule has 3 rings (SSSR count). The van der Waals surface area contributed by atoms with Crippen molar-refractivity contribution in [3.8, 4) is 6.07 Å². The summed E-state index contributed by atoms with van der Waals surface area (Å²) in [6, 6.07) is 14.4. The molecule has 0 aromatic heterocycles. The number of allylic oxidation sites excluding steroid dienone is 2. The number of carbonyl (C=O) groups excluding carboxylic acids is 2. The first kappa shape index (κ1) is 15.8. The summed E-state index contributed by atoms with van der Waals surface area (Å²) in [6.45, 7) is 0. The first-order valence-electron chi connectivity index (χ1n) is 6.54. The fraction of sp³-hybridized carbons (Fsp3) is 0. The van der Waals surface area contributed by atoms with Crippen LogP contribution in [0.1, 0.15) is 26.3 Å². The van der Waals surface area contributed by atoms with E-state index in [1.165, 1.54) is 30.4 Å². The van der Waals surface area contributed by atoms with Crippen LogP contribution in [0, 0.1) is 21.4 Å². The number of benzene rings is 2. The predicted molar refractivity (Wildman–Crippen MR) is 82.1 cm³/mol. The summed E-state index contributed by atoms with van der Waals surface area (Å²) >= 11 is 0. The molecule has 0 spiro atoms. The summed E-state index contributed by atoms with van der Waals surface area (Å²) in [4.78, 5) is 32.0. The maximum Gasteiger partial charge on any atom is 0.287 e. The number of nitro benzene ring substituents is 1. The number of nitrogens with zero attached hydrogens (tertiary/aromatic N) is 2. The van der Waals surface area contributed by atoms with Gasteiger partial charge in [0.05, 0.1) is 4.92 Å². The summed E-state index contributed by atoms with van der Waals surface area (Å²) in [5, 5.41) is 18.6. The van der Waals surface area contributed by atoms with E-state index in [-0.39, 0.29) is 22.8 Å². The van der Waals surface area contributed by atoms with Crippen molar-refractivity contribution in [1.29, 1.82) is 5.26 Å². The van der Waals surface area contributed by atoms with Gasteiger partial charge in [-0.25, -0.2) is 0 Å². The third-order valence-electron chi connectivity index (χ3n) is 3.07. The van der Waals surface area contributed by atoms with Crippen molar-refractivity contribution in [1.82, 2.24) is 0 Å². The number of para-hydroxylation sites is 1. The van der Waals surface area contributed by atoms with Crippen molar-refractivity contribution in [2.45, 2.75) is 0 Å². The molecule has 2 aromatic carbocycles. The second-order valence-corrected chi connectivity index (χ2v) is 4.49. The topological polar surface area (TPSA) is 101 Å². The molecule has 0 N–H and O–H groups in total. The Balaban J connectivity index is 0.000000168. The smallest absolute Gasteiger partial charge is 0.287 e. The minimum absolute atomic E-state index is 0.0924. The third-order valence-corrected chi connectivity index (χ3v) is 3.07. The van der Waals surface area contributed by atoms with Crippen molar-refractivity contribution in [2.75, 3.05) is 0 Å². The van der Waals surface area contributed by atoms with Crippen molar-refractivity contribution < 1.29 is 14.5 Å². The highest BCUT2D eigenvalue weighted by Gasteiger charge is 2.17. The molecule has 112 valence electrons. The van der Waals surface area contributed by atoms with Gasteiger partial charge in [0.15, 0.2) is 11.6 Å². The third kappa shape index (κ3) is 3.54. The van der Waals surface area contributed by atoms with Crippen molar-refractivity contribution in [3.63, 3.8) is 0 Å². The molecule has 0 fully saturated rings. The van der Waals surface area contributed by atoms with Gasteiger partial charge >= 0.3 is 0 Å². The maximum atomic E-state index is 11.2. The Bertz CT molecular complexity index is 826. The molecule has 1 aliphatic rings. The van der Waals surface area contributed by atoms with Crippen LogP contribution in [0.5, 0.6) is 0 Å². The van der Waals surface area contributed by atoms with E-state index < -0.39 is 4.92 Å². The second-order valence-electron chi connectivity index (χ2n) is 4.49. The summed E-state index contributed by atoms with van der Waals surface area (Å²) in [6.07, 6.45) is 2.62. The van der Waals surface area contributed by atoms with E-state index in [2.05, 4.69) is 0 Å². The molecule has 0 bridgehead atoms. The van der Waals surface area contributed by atoms with Gasteiger partial charge in [-0.15, -0.1) is 0 Å². The Morgan fingerprint density at radius 2 is 1.35 bits per heavy atom. The summed E-state index contributed by atoms with van der Waals surface area (Å²) in [5.41, 5.74) is 0.961. The van der Waals surface area contributed by atoms with Crippen LogP contribution >= 0.6 is 0 Å². The van der Waals surface area contributed by atoms with Crippen LogP contribution in [-0.2, 0) is 0 Å². The van der Waals surface area contributed by atoms with E-state index in [4.69, 9.17) is 5.26 Å². The number of ketones is 2. The number of fused-ring (bicyclic) bond motifs is 1. The van der Waals surface area contributed by atoms with Crippen molar-refractivity contribution >= 4 is 17.3 Å². The zero-order valence-corrected chi connectivity index (χ0v) is 11.8. The van der Waals surface area contributed by atoms with Gasteiger partial charge in [0.25, 0.3) is 5.69 Å². The molecule has 6 heteroatoms. The first-order chi connectivity index (χ1) is 11.0. The van der Waals surface area contributed by atoms with Crippen molar-refractivity contribution in [3.05, 3.63) is 87.5 Å². The van der Waals surface area contributed by atoms with Crippen LogP contribution in [-0.4, -0.2) is 16.5 Å². The predicted octanol–water partition coefficient (Wildman–Crippen LogP) is 3.09. The van der Waals surface area contributed by atoms with E-state index in [9.17, 15) is 19.7 Å². The molecule has 0 atom stereocenters. The van der Waals surface area contributed by atoms with Crippen LogP contribution in [0.4, 0.5) is 5.69 Å². The number of nitriles is 1. The lowest BCUT2D eigenvalue weighted by molar-refractivity contribution is -0.385. The van der Waals surface area contributed by atoms with Gasteiger partial charge in [0.2, 0.25) is 0 Å². The second kappa shape index (κ2) is 6.91. The molecule has 6 nitrogen and oxygen atoms in total. The van der Waals surface area contributed by atoms with E-state index in [1.807, 2.05) is 0 Å². The zero-order valence-electron chi connectivity index (χ0n) is 11.8. The molecular weight excluding hydrogens is 296 g/mol. The lowest BCUT2D eigenvalue weighted by Crippen LogP contribution is -2.10. The largest absolute Gasteiger partial charge is 0.289 e. The molecule has 0 unspecified atom stereocenters. The molecule has 0 saturated carbocycles. The number of rotatable bonds is 1. The lowest BCUT2D eigenvalue weighted by atomic mass is 9.95. The van der Waals surface area contributed by atoms with Crippen LogP contribution in [0.15, 0.2) is 60.7 Å². The molecule has 23 heavy (non-hydrogen) atoms. The Morgan fingerprint density at radius 3 is 1.78 bits per heavy atom. The molecule has 0 aliphatic heterocycles. The molecule has 0 saturated heterocycles. The SMILES string of the molecule is N#Cc1ccccc1[N+](=O)[O-].O=C1C=CC(=O)c2ccccc21. The Hall–Kier alpha value is -3.59. The highest BCUT2D eigenvalue weighted by atomic mass is 16.6. The molecule has 0 radical (unpaired) electrons. The fourth-order valence-corrected chi connectivity index (χ4v) is 1.97. The summed E-state index contributed by atoms with van der Waals surface area (Å²) in [7, 11) is 0. The molecule has 1 aliphatic carbocycles. The Kier molecular flexibility index (Phi) is 4.75. The number of hydrogen-bond donors (Lipinski definition) is 0. The molecule has 0 amide bonds. The number of nitro groups is 1. The summed E-state index contributed by atoms with van der Waals surface area (Å²) in [5.74, 6) is -0.185. The minimum Gasteiger partial charge on any atom is -0.289 e. The number of carbonyl (C=O) groups is 2. The van der Waals surface area contributed by atoms with Crippen LogP contribution in [0.2, 0.25) is 0 Å². The van der Waals surface area contributed by atoms with E-state index in [0.29, 0.717) is 11.1 Å². The molecule has 0 heterocycles. The van der Waals surface area contributed by atoms with E-state index in [1.54, 1.807) is 36.4 Å². The highest BCUT2D eigenvalue weighted by Crippen LogP contribution is 2.16. The summed E-state index contributed by atoms with van der Waals surface area (Å²) < 4.78 is 0.